The second-order valence-corrected chi connectivity index (χ2v) is 5.82. The highest BCUT2D eigenvalue weighted by Gasteiger charge is 2.09. The number of ether oxygens (including phenoxy) is 1. The van der Waals surface area contributed by atoms with Crippen molar-refractivity contribution in [1.29, 1.82) is 0 Å². The molecule has 0 fully saturated rings. The summed E-state index contributed by atoms with van der Waals surface area (Å²) >= 11 is 7.16. The average Bonchev–Trinajstić information content (AvgIpc) is 2.83. The molecule has 0 spiro atoms. The summed E-state index contributed by atoms with van der Waals surface area (Å²) < 4.78 is 6.27. The molecule has 1 aromatic carbocycles. The summed E-state index contributed by atoms with van der Waals surface area (Å²) in [4.78, 5) is 4.93. The molecule has 7 heteroatoms. The molecule has 110 valence electrons. The fourth-order valence-electron chi connectivity index (χ4n) is 1.66. The van der Waals surface area contributed by atoms with Crippen LogP contribution in [0.3, 0.4) is 0 Å². The summed E-state index contributed by atoms with van der Waals surface area (Å²) in [7, 11) is 0. The van der Waals surface area contributed by atoms with Gasteiger partial charge in [-0.15, -0.1) is 23.7 Å². The smallest absolute Gasteiger partial charge is 0.183 e. The Labute approximate surface area is 133 Å². The minimum absolute atomic E-state index is 0. The number of rotatable bonds is 6. The number of aliphatic hydroxyl groups excluding tert-OH is 1. The number of nitrogens with two attached hydrogens (primary N) is 1. The lowest BCUT2D eigenvalue weighted by Gasteiger charge is -2.13. The number of thiazole rings is 1. The third-order valence-corrected chi connectivity index (χ3v) is 3.67. The fraction of sp³-hybridized carbons (Fsp3) is 0.308. The van der Waals surface area contributed by atoms with Crippen molar-refractivity contribution in [2.45, 2.75) is 19.1 Å². The van der Waals surface area contributed by atoms with E-state index in [0.29, 0.717) is 17.5 Å². The van der Waals surface area contributed by atoms with Crippen LogP contribution in [0, 0.1) is 0 Å². The number of halogens is 2. The lowest BCUT2D eigenvalue weighted by Crippen LogP contribution is -2.27. The van der Waals surface area contributed by atoms with E-state index in [9.17, 15) is 0 Å². The SMILES string of the molecule is Cl.NC(CO)Cc1ccccc1OCc1cnc(Cl)s1. The third-order valence-electron chi connectivity index (χ3n) is 2.58. The summed E-state index contributed by atoms with van der Waals surface area (Å²) in [5, 5.41) is 9.01. The molecule has 0 aliphatic carbocycles. The Morgan fingerprint density at radius 1 is 1.40 bits per heavy atom. The molecule has 20 heavy (non-hydrogen) atoms. The van der Waals surface area contributed by atoms with Gasteiger partial charge in [0, 0.05) is 12.2 Å². The third kappa shape index (κ3) is 4.92. The first-order valence-corrected chi connectivity index (χ1v) is 7.06. The molecule has 0 aliphatic rings. The zero-order chi connectivity index (χ0) is 13.7. The van der Waals surface area contributed by atoms with E-state index in [4.69, 9.17) is 27.2 Å². The molecule has 0 saturated heterocycles. The van der Waals surface area contributed by atoms with Crippen LogP contribution in [0.2, 0.25) is 4.47 Å². The normalized spacial score (nSPS) is 11.8. The molecule has 2 rings (SSSR count). The molecule has 2 aromatic rings. The van der Waals surface area contributed by atoms with E-state index in [1.165, 1.54) is 11.3 Å². The number of aliphatic hydroxyl groups is 1. The highest BCUT2D eigenvalue weighted by Crippen LogP contribution is 2.23. The molecular formula is C13H16Cl2N2O2S. The van der Waals surface area contributed by atoms with Crippen molar-refractivity contribution in [2.75, 3.05) is 6.61 Å². The molecule has 0 saturated carbocycles. The van der Waals surface area contributed by atoms with Crippen LogP contribution in [0.5, 0.6) is 5.75 Å². The van der Waals surface area contributed by atoms with Gasteiger partial charge in [0.05, 0.1) is 11.5 Å². The van der Waals surface area contributed by atoms with Crippen molar-refractivity contribution in [3.05, 3.63) is 45.4 Å². The van der Waals surface area contributed by atoms with E-state index in [1.807, 2.05) is 24.3 Å². The molecule has 1 unspecified atom stereocenters. The van der Waals surface area contributed by atoms with Gasteiger partial charge in [-0.05, 0) is 18.1 Å². The summed E-state index contributed by atoms with van der Waals surface area (Å²) in [6, 6.07) is 7.40. The Bertz CT molecular complexity index is 537. The molecular weight excluding hydrogens is 319 g/mol. The van der Waals surface area contributed by atoms with E-state index in [2.05, 4.69) is 4.98 Å². The highest BCUT2D eigenvalue weighted by molar-refractivity contribution is 7.15. The molecule has 3 N–H and O–H groups in total. The van der Waals surface area contributed by atoms with Gasteiger partial charge in [0.2, 0.25) is 0 Å². The van der Waals surface area contributed by atoms with Gasteiger partial charge in [-0.1, -0.05) is 29.8 Å². The molecule has 1 atom stereocenters. The van der Waals surface area contributed by atoms with Crippen LogP contribution in [0.15, 0.2) is 30.5 Å². The molecule has 1 heterocycles. The molecule has 4 nitrogen and oxygen atoms in total. The van der Waals surface area contributed by atoms with Crippen LogP contribution in [0.25, 0.3) is 0 Å². The first-order chi connectivity index (χ1) is 9.19. The Balaban J connectivity index is 0.00000200. The van der Waals surface area contributed by atoms with Crippen molar-refractivity contribution in [1.82, 2.24) is 4.98 Å². The lowest BCUT2D eigenvalue weighted by atomic mass is 10.1. The Kier molecular flexibility index (Phi) is 7.26. The van der Waals surface area contributed by atoms with Gasteiger partial charge in [0.15, 0.2) is 4.47 Å². The summed E-state index contributed by atoms with van der Waals surface area (Å²) in [6.07, 6.45) is 2.28. The van der Waals surface area contributed by atoms with E-state index >= 15 is 0 Å². The largest absolute Gasteiger partial charge is 0.488 e. The van der Waals surface area contributed by atoms with Crippen LogP contribution in [0.1, 0.15) is 10.4 Å². The van der Waals surface area contributed by atoms with Gasteiger partial charge >= 0.3 is 0 Å². The van der Waals surface area contributed by atoms with Crippen LogP contribution in [0.4, 0.5) is 0 Å². The maximum Gasteiger partial charge on any atom is 0.183 e. The summed E-state index contributed by atoms with van der Waals surface area (Å²) in [5.74, 6) is 0.774. The van der Waals surface area contributed by atoms with Gasteiger partial charge in [-0.2, -0.15) is 0 Å². The molecule has 0 amide bonds. The van der Waals surface area contributed by atoms with E-state index in [1.54, 1.807) is 6.20 Å². The number of nitrogens with zero attached hydrogens (tertiary/aromatic N) is 1. The topological polar surface area (TPSA) is 68.4 Å². The average molecular weight is 335 g/mol. The Hall–Kier alpha value is -0.850. The van der Waals surface area contributed by atoms with Gasteiger partial charge < -0.3 is 15.6 Å². The summed E-state index contributed by atoms with van der Waals surface area (Å²) in [6.45, 7) is 0.383. The van der Waals surface area contributed by atoms with E-state index in [0.717, 1.165) is 16.2 Å². The van der Waals surface area contributed by atoms with Gasteiger partial charge in [0.1, 0.15) is 12.4 Å². The number of para-hydroxylation sites is 1. The van der Waals surface area contributed by atoms with Gasteiger partial charge in [-0.3, -0.25) is 0 Å². The highest BCUT2D eigenvalue weighted by atomic mass is 35.5. The van der Waals surface area contributed by atoms with Crippen molar-refractivity contribution in [3.8, 4) is 5.75 Å². The number of hydrogen-bond acceptors (Lipinski definition) is 5. The van der Waals surface area contributed by atoms with Crippen LogP contribution < -0.4 is 10.5 Å². The lowest BCUT2D eigenvalue weighted by molar-refractivity contribution is 0.262. The van der Waals surface area contributed by atoms with E-state index < -0.39 is 0 Å². The summed E-state index contributed by atoms with van der Waals surface area (Å²) in [5.41, 5.74) is 6.74. The maximum absolute atomic E-state index is 9.01. The molecule has 0 radical (unpaired) electrons. The second-order valence-electron chi connectivity index (χ2n) is 4.12. The molecule has 1 aromatic heterocycles. The maximum atomic E-state index is 9.01. The van der Waals surface area contributed by atoms with Crippen molar-refractivity contribution >= 4 is 35.3 Å². The fourth-order valence-corrected chi connectivity index (χ4v) is 2.55. The molecule has 0 aliphatic heterocycles. The first-order valence-electron chi connectivity index (χ1n) is 5.86. The number of benzene rings is 1. The van der Waals surface area contributed by atoms with Gasteiger partial charge in [0.25, 0.3) is 0 Å². The number of hydrogen-bond donors (Lipinski definition) is 2. The minimum Gasteiger partial charge on any atom is -0.488 e. The van der Waals surface area contributed by atoms with Crippen molar-refractivity contribution in [3.63, 3.8) is 0 Å². The predicted molar refractivity (Wildman–Crippen MR) is 83.9 cm³/mol. The van der Waals surface area contributed by atoms with Crippen LogP contribution in [-0.2, 0) is 13.0 Å². The van der Waals surface area contributed by atoms with Crippen LogP contribution in [-0.4, -0.2) is 22.7 Å². The van der Waals surface area contributed by atoms with Crippen molar-refractivity contribution < 1.29 is 9.84 Å². The predicted octanol–water partition coefficient (Wildman–Crippen LogP) is 2.66. The number of aromatic nitrogens is 1. The van der Waals surface area contributed by atoms with Crippen molar-refractivity contribution in [2.24, 2.45) is 5.73 Å². The zero-order valence-corrected chi connectivity index (χ0v) is 13.0. The second kappa shape index (κ2) is 8.44. The minimum atomic E-state index is -0.275. The Morgan fingerprint density at radius 2 is 2.15 bits per heavy atom. The molecule has 0 bridgehead atoms. The zero-order valence-electron chi connectivity index (χ0n) is 10.7. The quantitative estimate of drug-likeness (QED) is 0.852. The van der Waals surface area contributed by atoms with Crippen LogP contribution >= 0.6 is 35.3 Å². The Morgan fingerprint density at radius 3 is 2.80 bits per heavy atom. The van der Waals surface area contributed by atoms with E-state index in [-0.39, 0.29) is 25.1 Å². The van der Waals surface area contributed by atoms with Gasteiger partial charge in [-0.25, -0.2) is 4.98 Å². The monoisotopic (exact) mass is 334 g/mol. The standard InChI is InChI=1S/C13H15ClN2O2S.ClH/c14-13-16-6-11(19-13)8-18-12-4-2-1-3-9(12)5-10(15)7-17;/h1-4,6,10,17H,5,7-8,15H2;1H. The first kappa shape index (κ1) is 17.2.